The number of nitriles is 1. The summed E-state index contributed by atoms with van der Waals surface area (Å²) in [7, 11) is 3.30. The maximum absolute atomic E-state index is 15.2. The lowest BCUT2D eigenvalue weighted by Crippen LogP contribution is -2.56. The molecule has 3 aliphatic rings. The number of nitrogens with one attached hydrogen (secondary N) is 1. The molecule has 0 unspecified atom stereocenters. The van der Waals surface area contributed by atoms with Crippen molar-refractivity contribution in [2.45, 2.75) is 110 Å². The minimum atomic E-state index is -0.605. The number of unbranched alkanes of at least 4 members (excludes halogenated alkanes) is 5. The van der Waals surface area contributed by atoms with Crippen molar-refractivity contribution in [2.75, 3.05) is 52.6 Å². The standard InChI is InChI=1S/C62H69Cl2N11O7/c1-38(2)81-52-33-46(80-6)23-25-48(52)60-69-57(41-15-19-44(63)20-16-41)58(42-17-21-45(64)22-18-42)75(60)62(79)73-30-29-72(55(77)37-73)27-12-10-8-7-9-11-13-54(76)67-26-28-74-51-36-71(5)61(78)47-24-14-39(3)31-49(47)40(4)82-53-32-43(35-68-59(53)66)56(51)50(34-65)70-74/h14-25,31-33,35,38,40,57-58H,7-13,26-30,36-37H2,1-6H3,(H2,66,68)(H,67,76)/t40-,57-,58+/m1/s1. The summed E-state index contributed by atoms with van der Waals surface area (Å²) in [5.74, 6) is 1.56. The van der Waals surface area contributed by atoms with Gasteiger partial charge in [-0.3, -0.25) is 29.0 Å². The van der Waals surface area contributed by atoms with Crippen molar-refractivity contribution in [2.24, 2.45) is 4.99 Å². The summed E-state index contributed by atoms with van der Waals surface area (Å²) in [6, 6.07) is 28.4. The third kappa shape index (κ3) is 13.3. The molecule has 1 saturated heterocycles. The zero-order valence-electron chi connectivity index (χ0n) is 47.2. The van der Waals surface area contributed by atoms with Crippen molar-refractivity contribution in [1.29, 1.82) is 5.26 Å². The number of methoxy groups -OCH3 is 1. The molecule has 3 aliphatic heterocycles. The fourth-order valence-electron chi connectivity index (χ4n) is 10.8. The fourth-order valence-corrected chi connectivity index (χ4v) is 11.1. The molecule has 428 valence electrons. The van der Waals surface area contributed by atoms with E-state index in [9.17, 15) is 19.6 Å². The molecule has 2 bridgehead atoms. The number of hydrogen-bond acceptors (Lipinski definition) is 12. The Morgan fingerprint density at radius 1 is 0.878 bits per heavy atom. The molecule has 0 saturated carbocycles. The minimum absolute atomic E-state index is 0.0857. The number of carbonyl (C=O) groups excluding carboxylic acids is 4. The molecule has 18 nitrogen and oxygen atoms in total. The van der Waals surface area contributed by atoms with Gasteiger partial charge in [0.15, 0.2) is 17.3 Å². The van der Waals surface area contributed by atoms with Crippen LogP contribution in [0.25, 0.3) is 11.1 Å². The average Bonchev–Trinajstić information content (AvgIpc) is 4.14. The van der Waals surface area contributed by atoms with Crippen molar-refractivity contribution >= 4 is 58.6 Å². The lowest BCUT2D eigenvalue weighted by Gasteiger charge is -2.38. The highest BCUT2D eigenvalue weighted by Crippen LogP contribution is 2.46. The van der Waals surface area contributed by atoms with Crippen LogP contribution in [0.15, 0.2) is 102 Å². The third-order valence-corrected chi connectivity index (χ3v) is 15.6. The molecule has 3 atom stereocenters. The molecule has 9 rings (SSSR count). The second kappa shape index (κ2) is 26.2. The maximum Gasteiger partial charge on any atom is 0.326 e. The van der Waals surface area contributed by atoms with Gasteiger partial charge in [-0.1, -0.05) is 90.8 Å². The molecule has 82 heavy (non-hydrogen) atoms. The molecule has 0 spiro atoms. The van der Waals surface area contributed by atoms with Gasteiger partial charge < -0.3 is 40.0 Å². The summed E-state index contributed by atoms with van der Waals surface area (Å²) in [4.78, 5) is 72.6. The highest BCUT2D eigenvalue weighted by atomic mass is 35.5. The average molecular weight is 1150 g/mol. The molecule has 0 aliphatic carbocycles. The van der Waals surface area contributed by atoms with Gasteiger partial charge >= 0.3 is 6.03 Å². The van der Waals surface area contributed by atoms with E-state index in [2.05, 4.69) is 21.5 Å². The number of aliphatic imine (C=N–C) groups is 1. The summed E-state index contributed by atoms with van der Waals surface area (Å²) in [5.41, 5.74) is 12.6. The first kappa shape index (κ1) is 58.5. The number of benzene rings is 4. The Labute approximate surface area is 488 Å². The smallest absolute Gasteiger partial charge is 0.326 e. The summed E-state index contributed by atoms with van der Waals surface area (Å²) in [5, 5.41) is 19.1. The number of hydrogen-bond donors (Lipinski definition) is 2. The van der Waals surface area contributed by atoms with E-state index in [1.165, 1.54) is 0 Å². The van der Waals surface area contributed by atoms with Gasteiger partial charge in [-0.05, 0) is 100 Å². The van der Waals surface area contributed by atoms with Crippen molar-refractivity contribution in [3.05, 3.63) is 152 Å². The van der Waals surface area contributed by atoms with Gasteiger partial charge in [-0.2, -0.15) is 10.4 Å². The van der Waals surface area contributed by atoms with Crippen LogP contribution in [0.5, 0.6) is 17.2 Å². The van der Waals surface area contributed by atoms with Crippen LogP contribution in [-0.4, -0.2) is 117 Å². The van der Waals surface area contributed by atoms with Crippen LogP contribution in [0.1, 0.15) is 133 Å². The number of amides is 5. The first-order valence-corrected chi connectivity index (χ1v) is 28.6. The van der Waals surface area contributed by atoms with E-state index in [1.54, 1.807) is 70.1 Å². The number of amidine groups is 1. The van der Waals surface area contributed by atoms with Gasteiger partial charge in [-0.25, -0.2) is 9.78 Å². The number of nitrogens with zero attached hydrogens (tertiary/aromatic N) is 9. The molecular weight excluding hydrogens is 1080 g/mol. The first-order valence-electron chi connectivity index (χ1n) is 27.9. The van der Waals surface area contributed by atoms with E-state index >= 15 is 4.79 Å². The molecule has 3 N–H and O–H groups in total. The highest BCUT2D eigenvalue weighted by Gasteiger charge is 2.46. The van der Waals surface area contributed by atoms with Gasteiger partial charge in [-0.15, -0.1) is 0 Å². The van der Waals surface area contributed by atoms with E-state index < -0.39 is 18.2 Å². The Morgan fingerprint density at radius 3 is 2.27 bits per heavy atom. The van der Waals surface area contributed by atoms with Crippen molar-refractivity contribution in [3.8, 4) is 34.4 Å². The molecule has 1 fully saturated rings. The van der Waals surface area contributed by atoms with E-state index in [0.29, 0.717) is 99.1 Å². The van der Waals surface area contributed by atoms with Crippen LogP contribution >= 0.6 is 23.2 Å². The van der Waals surface area contributed by atoms with Crippen molar-refractivity contribution in [1.82, 2.24) is 39.7 Å². The SMILES string of the molecule is COc1ccc(C2=N[C@H](c3ccc(Cl)cc3)[C@H](c3ccc(Cl)cc3)N2C(=O)N2CCN(CCCCCCCCC(=O)NCCn3nc(C#N)c4c3CN(C)C(=O)c3ccc(C)cc3[C@@H](C)Oc3cc-4cnc3N)C(=O)C2)c(OC(C)C)c1. The molecular formula is C62H69Cl2N11O7. The summed E-state index contributed by atoms with van der Waals surface area (Å²) in [6.45, 7) is 9.53. The van der Waals surface area contributed by atoms with E-state index in [4.69, 9.17) is 48.1 Å². The molecule has 4 aromatic carbocycles. The Bertz CT molecular complexity index is 3400. The number of urea groups is 1. The van der Waals surface area contributed by atoms with Gasteiger partial charge in [0.1, 0.15) is 42.1 Å². The van der Waals surface area contributed by atoms with Crippen LogP contribution in [0.3, 0.4) is 0 Å². The number of pyridine rings is 1. The number of ether oxygens (including phenoxy) is 3. The van der Waals surface area contributed by atoms with Crippen LogP contribution in [-0.2, 0) is 22.7 Å². The lowest BCUT2D eigenvalue weighted by atomic mass is 9.93. The number of halogens is 2. The topological polar surface area (TPSA) is 214 Å². The first-order chi connectivity index (χ1) is 39.5. The quantitative estimate of drug-likeness (QED) is 0.0772. The molecule has 2 aromatic heterocycles. The monoisotopic (exact) mass is 1150 g/mol. The van der Waals surface area contributed by atoms with Crippen LogP contribution in [0, 0.1) is 18.3 Å². The Hall–Kier alpha value is -8.14. The van der Waals surface area contributed by atoms with Crippen LogP contribution < -0.4 is 25.3 Å². The number of aryl methyl sites for hydroxylation is 1. The van der Waals surface area contributed by atoms with Crippen molar-refractivity contribution in [3.63, 3.8) is 0 Å². The van der Waals surface area contributed by atoms with Crippen LogP contribution in [0.2, 0.25) is 10.0 Å². The fraction of sp³-hybridized carbons (Fsp3) is 0.387. The number of aromatic nitrogens is 3. The van der Waals surface area contributed by atoms with E-state index in [-0.39, 0.29) is 67.5 Å². The third-order valence-electron chi connectivity index (χ3n) is 15.1. The van der Waals surface area contributed by atoms with E-state index in [0.717, 1.165) is 48.8 Å². The zero-order chi connectivity index (χ0) is 58.2. The number of piperazine rings is 1. The number of nitrogens with two attached hydrogens (primary N) is 1. The lowest BCUT2D eigenvalue weighted by molar-refractivity contribution is -0.135. The number of nitrogen functional groups attached to an aromatic ring is 1. The number of carbonyl (C=O) groups is 4. The zero-order valence-corrected chi connectivity index (χ0v) is 48.7. The molecule has 5 heterocycles. The highest BCUT2D eigenvalue weighted by molar-refractivity contribution is 6.30. The number of rotatable bonds is 18. The number of anilines is 1. The van der Waals surface area contributed by atoms with Gasteiger partial charge in [0.2, 0.25) is 11.8 Å². The largest absolute Gasteiger partial charge is 0.497 e. The maximum atomic E-state index is 15.2. The Morgan fingerprint density at radius 2 is 1.57 bits per heavy atom. The van der Waals surface area contributed by atoms with Gasteiger partial charge in [0, 0.05) is 84.2 Å². The predicted octanol–water partition coefficient (Wildman–Crippen LogP) is 10.9. The summed E-state index contributed by atoms with van der Waals surface area (Å²) in [6.07, 6.45) is 6.39. The molecule has 5 amide bonds. The summed E-state index contributed by atoms with van der Waals surface area (Å²) >= 11 is 12.8. The second-order valence-electron chi connectivity index (χ2n) is 21.3. The minimum Gasteiger partial charge on any atom is -0.497 e. The predicted molar refractivity (Wildman–Crippen MR) is 315 cm³/mol. The second-order valence-corrected chi connectivity index (χ2v) is 22.1. The summed E-state index contributed by atoms with van der Waals surface area (Å²) < 4.78 is 19.9. The Kier molecular flexibility index (Phi) is 18.7. The molecule has 20 heteroatoms. The van der Waals surface area contributed by atoms with Gasteiger partial charge in [0.25, 0.3) is 5.91 Å². The Balaban J connectivity index is 0.767. The van der Waals surface area contributed by atoms with E-state index in [1.807, 2.05) is 93.3 Å². The number of fused-ring (bicyclic) bond motifs is 5. The normalized spacial score (nSPS) is 17.1. The molecule has 0 radical (unpaired) electrons. The van der Waals surface area contributed by atoms with Crippen LogP contribution in [0.4, 0.5) is 10.6 Å². The van der Waals surface area contributed by atoms with Crippen molar-refractivity contribution < 1.29 is 33.4 Å². The van der Waals surface area contributed by atoms with Gasteiger partial charge in [0.05, 0.1) is 43.6 Å². The molecule has 6 aromatic rings.